The molecule has 2 aliphatic rings. The van der Waals surface area contributed by atoms with Gasteiger partial charge in [-0.25, -0.2) is 4.39 Å². The zero-order chi connectivity index (χ0) is 23.9. The lowest BCUT2D eigenvalue weighted by molar-refractivity contribution is -0.123. The smallest absolute Gasteiger partial charge is 0.293 e. The number of rotatable bonds is 5. The van der Waals surface area contributed by atoms with Crippen molar-refractivity contribution in [1.82, 2.24) is 4.90 Å². The highest BCUT2D eigenvalue weighted by Gasteiger charge is 2.36. The van der Waals surface area contributed by atoms with Gasteiger partial charge in [-0.2, -0.15) is 0 Å². The summed E-state index contributed by atoms with van der Waals surface area (Å²) in [5.74, 6) is -0.0811. The zero-order valence-corrected chi connectivity index (χ0v) is 20.3. The van der Waals surface area contributed by atoms with Crippen LogP contribution in [0.5, 0.6) is 5.75 Å². The Morgan fingerprint density at radius 3 is 2.48 bits per heavy atom. The number of fused-ring (bicyclic) bond motifs is 1. The number of likely N-dealkylation sites (N-methyl/N-ethyl adjacent to an activating group) is 1. The standard InChI is InChI=1S/C26H27FN2O3S/c1-6-29-21-13-22(32-5)18(11-20(21)16(2)14-26(29,3)4)12-23-24(30)28(25(31)33-23)15-17-7-9-19(27)10-8-17/h7-14H,6,15H2,1-5H3/b23-12+. The third-order valence-electron chi connectivity index (χ3n) is 6.06. The lowest BCUT2D eigenvalue weighted by Gasteiger charge is -2.43. The first-order valence-corrected chi connectivity index (χ1v) is 11.7. The highest BCUT2D eigenvalue weighted by atomic mass is 32.2. The molecule has 0 unspecified atom stereocenters. The topological polar surface area (TPSA) is 49.9 Å². The quantitative estimate of drug-likeness (QED) is 0.499. The molecule has 33 heavy (non-hydrogen) atoms. The SMILES string of the molecule is CCN1c2cc(OC)c(/C=C3/SC(=O)N(Cc4ccc(F)cc4)C3=O)cc2C(C)=CC1(C)C. The number of imide groups is 1. The molecule has 0 spiro atoms. The van der Waals surface area contributed by atoms with Crippen LogP contribution in [-0.4, -0.2) is 35.2 Å². The van der Waals surface area contributed by atoms with Crippen LogP contribution in [0.1, 0.15) is 44.4 Å². The van der Waals surface area contributed by atoms with Crippen LogP contribution < -0.4 is 9.64 Å². The largest absolute Gasteiger partial charge is 0.496 e. The van der Waals surface area contributed by atoms with Crippen LogP contribution in [0.3, 0.4) is 0 Å². The Hall–Kier alpha value is -3.06. The minimum absolute atomic E-state index is 0.103. The first-order chi connectivity index (χ1) is 15.6. The molecule has 2 aromatic carbocycles. The van der Waals surface area contributed by atoms with Gasteiger partial charge in [0.2, 0.25) is 0 Å². The summed E-state index contributed by atoms with van der Waals surface area (Å²) < 4.78 is 18.9. The fourth-order valence-electron chi connectivity index (χ4n) is 4.54. The molecule has 0 bridgehead atoms. The number of hydrogen-bond acceptors (Lipinski definition) is 5. The molecular weight excluding hydrogens is 439 g/mol. The maximum atomic E-state index is 13.2. The van der Waals surface area contributed by atoms with E-state index in [0.29, 0.717) is 16.2 Å². The average molecular weight is 467 g/mol. The molecule has 0 atom stereocenters. The van der Waals surface area contributed by atoms with Gasteiger partial charge in [0.25, 0.3) is 11.1 Å². The van der Waals surface area contributed by atoms with Crippen molar-refractivity contribution in [2.45, 2.75) is 39.8 Å². The number of amides is 2. The number of benzene rings is 2. The average Bonchev–Trinajstić information content (AvgIpc) is 3.02. The molecule has 1 saturated heterocycles. The monoisotopic (exact) mass is 466 g/mol. The van der Waals surface area contributed by atoms with E-state index in [4.69, 9.17) is 4.74 Å². The van der Waals surface area contributed by atoms with Gasteiger partial charge in [-0.3, -0.25) is 14.5 Å². The fraction of sp³-hybridized carbons (Fsp3) is 0.308. The van der Waals surface area contributed by atoms with Crippen LogP contribution in [0.15, 0.2) is 47.4 Å². The summed E-state index contributed by atoms with van der Waals surface area (Å²) >= 11 is 0.905. The van der Waals surface area contributed by atoms with Crippen molar-refractivity contribution in [1.29, 1.82) is 0 Å². The summed E-state index contributed by atoms with van der Waals surface area (Å²) in [7, 11) is 1.60. The van der Waals surface area contributed by atoms with Gasteiger partial charge in [0, 0.05) is 29.4 Å². The van der Waals surface area contributed by atoms with Crippen molar-refractivity contribution in [3.63, 3.8) is 0 Å². The van der Waals surface area contributed by atoms with E-state index in [0.717, 1.165) is 40.7 Å². The molecule has 0 aromatic heterocycles. The van der Waals surface area contributed by atoms with E-state index >= 15 is 0 Å². The highest BCUT2D eigenvalue weighted by molar-refractivity contribution is 8.18. The second-order valence-electron chi connectivity index (χ2n) is 8.73. The number of ether oxygens (including phenoxy) is 1. The van der Waals surface area contributed by atoms with E-state index in [1.165, 1.54) is 17.0 Å². The van der Waals surface area contributed by atoms with Crippen LogP contribution in [0.2, 0.25) is 0 Å². The number of nitrogens with zero attached hydrogens (tertiary/aromatic N) is 2. The third-order valence-corrected chi connectivity index (χ3v) is 6.97. The van der Waals surface area contributed by atoms with Gasteiger partial charge in [0.1, 0.15) is 11.6 Å². The van der Waals surface area contributed by atoms with Crippen molar-refractivity contribution in [2.24, 2.45) is 0 Å². The van der Waals surface area contributed by atoms with Crippen molar-refractivity contribution in [3.8, 4) is 5.75 Å². The Labute approximate surface area is 197 Å². The molecule has 7 heteroatoms. The molecular formula is C26H27FN2O3S. The molecule has 0 saturated carbocycles. The maximum Gasteiger partial charge on any atom is 0.293 e. The molecule has 4 rings (SSSR count). The van der Waals surface area contributed by atoms with Crippen molar-refractivity contribution in [3.05, 3.63) is 69.9 Å². The highest BCUT2D eigenvalue weighted by Crippen LogP contribution is 2.43. The van der Waals surface area contributed by atoms with E-state index in [9.17, 15) is 14.0 Å². The van der Waals surface area contributed by atoms with E-state index < -0.39 is 0 Å². The molecule has 2 aliphatic heterocycles. The van der Waals surface area contributed by atoms with Crippen molar-refractivity contribution >= 4 is 40.2 Å². The minimum atomic E-state index is -0.363. The second-order valence-corrected chi connectivity index (χ2v) is 9.72. The predicted octanol–water partition coefficient (Wildman–Crippen LogP) is 6.09. The van der Waals surface area contributed by atoms with Crippen LogP contribution in [0.25, 0.3) is 11.6 Å². The van der Waals surface area contributed by atoms with E-state index in [1.807, 2.05) is 12.1 Å². The zero-order valence-electron chi connectivity index (χ0n) is 19.4. The Morgan fingerprint density at radius 1 is 1.15 bits per heavy atom. The molecule has 0 radical (unpaired) electrons. The lowest BCUT2D eigenvalue weighted by atomic mass is 9.87. The number of anilines is 1. The predicted molar refractivity (Wildman–Crippen MR) is 132 cm³/mol. The summed E-state index contributed by atoms with van der Waals surface area (Å²) in [6, 6.07) is 9.81. The maximum absolute atomic E-state index is 13.2. The molecule has 2 heterocycles. The summed E-state index contributed by atoms with van der Waals surface area (Å²) in [5.41, 5.74) is 4.62. The molecule has 1 fully saturated rings. The molecule has 5 nitrogen and oxygen atoms in total. The minimum Gasteiger partial charge on any atom is -0.496 e. The number of thioether (sulfide) groups is 1. The van der Waals surface area contributed by atoms with Crippen LogP contribution in [-0.2, 0) is 11.3 Å². The second kappa shape index (κ2) is 8.71. The molecule has 2 aromatic rings. The van der Waals surface area contributed by atoms with E-state index in [1.54, 1.807) is 25.3 Å². The number of hydrogen-bond donors (Lipinski definition) is 0. The number of allylic oxidation sites excluding steroid dienone is 1. The number of halogens is 1. The molecule has 2 amide bonds. The summed E-state index contributed by atoms with van der Waals surface area (Å²) in [4.78, 5) is 29.4. The van der Waals surface area contributed by atoms with Crippen LogP contribution in [0, 0.1) is 5.82 Å². The Morgan fingerprint density at radius 2 is 1.85 bits per heavy atom. The fourth-order valence-corrected chi connectivity index (χ4v) is 5.37. The summed E-state index contributed by atoms with van der Waals surface area (Å²) in [5, 5.41) is -0.345. The van der Waals surface area contributed by atoms with Gasteiger partial charge in [0.05, 0.1) is 24.1 Å². The van der Waals surface area contributed by atoms with Crippen LogP contribution >= 0.6 is 11.8 Å². The Bertz CT molecular complexity index is 1180. The summed E-state index contributed by atoms with van der Waals surface area (Å²) in [6.07, 6.45) is 3.96. The van der Waals surface area contributed by atoms with Gasteiger partial charge in [-0.1, -0.05) is 18.2 Å². The number of carbonyl (C=O) groups excluding carboxylic acids is 2. The normalized spacial score (nSPS) is 18.6. The first kappa shape index (κ1) is 23.1. The lowest BCUT2D eigenvalue weighted by Crippen LogP contribution is -2.44. The van der Waals surface area contributed by atoms with Crippen LogP contribution in [0.4, 0.5) is 14.9 Å². The summed E-state index contributed by atoms with van der Waals surface area (Å²) in [6.45, 7) is 9.51. The number of carbonyl (C=O) groups is 2. The van der Waals surface area contributed by atoms with Crippen molar-refractivity contribution in [2.75, 3.05) is 18.6 Å². The van der Waals surface area contributed by atoms with Crippen molar-refractivity contribution < 1.29 is 18.7 Å². The van der Waals surface area contributed by atoms with E-state index in [2.05, 4.69) is 38.7 Å². The van der Waals surface area contributed by atoms with Gasteiger partial charge in [-0.05, 0) is 74.9 Å². The Balaban J connectivity index is 1.69. The van der Waals surface area contributed by atoms with Gasteiger partial charge >= 0.3 is 0 Å². The molecule has 0 aliphatic carbocycles. The van der Waals surface area contributed by atoms with Gasteiger partial charge in [0.15, 0.2) is 0 Å². The Kier molecular flexibility index (Phi) is 6.10. The van der Waals surface area contributed by atoms with Gasteiger partial charge < -0.3 is 9.64 Å². The van der Waals surface area contributed by atoms with Gasteiger partial charge in [-0.15, -0.1) is 0 Å². The van der Waals surface area contributed by atoms with E-state index in [-0.39, 0.29) is 29.0 Å². The molecule has 0 N–H and O–H groups in total. The third kappa shape index (κ3) is 4.29. The number of methoxy groups -OCH3 is 1. The first-order valence-electron chi connectivity index (χ1n) is 10.8. The molecule has 172 valence electrons.